The highest BCUT2D eigenvalue weighted by atomic mass is 32.2. The van der Waals surface area contributed by atoms with Crippen molar-refractivity contribution in [2.24, 2.45) is 11.8 Å². The van der Waals surface area contributed by atoms with Crippen LogP contribution >= 0.6 is 11.8 Å². The standard InChI is InChI=1S/C16H23NS/c1-12-6-7-13(8-12)9-17-16-11-18-10-14-4-2-3-5-15(14)16/h2-5,12-13,16-17H,6-11H2,1H3. The topological polar surface area (TPSA) is 12.0 Å². The van der Waals surface area contributed by atoms with Crippen LogP contribution in [0, 0.1) is 11.8 Å². The summed E-state index contributed by atoms with van der Waals surface area (Å²) < 4.78 is 0. The van der Waals surface area contributed by atoms with Gasteiger partial charge in [-0.3, -0.25) is 0 Å². The molecule has 0 amide bonds. The maximum Gasteiger partial charge on any atom is 0.0415 e. The van der Waals surface area contributed by atoms with Crippen molar-refractivity contribution in [2.45, 2.75) is 38.0 Å². The fourth-order valence-corrected chi connectivity index (χ4v) is 4.50. The van der Waals surface area contributed by atoms with Crippen LogP contribution < -0.4 is 5.32 Å². The lowest BCUT2D eigenvalue weighted by molar-refractivity contribution is 0.441. The van der Waals surface area contributed by atoms with E-state index in [-0.39, 0.29) is 0 Å². The van der Waals surface area contributed by atoms with Gasteiger partial charge in [-0.1, -0.05) is 37.6 Å². The third-order valence-corrected chi connectivity index (χ3v) is 5.51. The fourth-order valence-electron chi connectivity index (χ4n) is 3.37. The zero-order valence-electron chi connectivity index (χ0n) is 11.2. The van der Waals surface area contributed by atoms with Crippen LogP contribution in [0.4, 0.5) is 0 Å². The first-order valence-corrected chi connectivity index (χ1v) is 8.37. The van der Waals surface area contributed by atoms with E-state index in [0.717, 1.165) is 11.8 Å². The van der Waals surface area contributed by atoms with E-state index in [1.807, 2.05) is 0 Å². The van der Waals surface area contributed by atoms with Crippen molar-refractivity contribution in [3.63, 3.8) is 0 Å². The minimum absolute atomic E-state index is 0.579. The Morgan fingerprint density at radius 3 is 3.00 bits per heavy atom. The summed E-state index contributed by atoms with van der Waals surface area (Å²) >= 11 is 2.07. The number of benzene rings is 1. The molecule has 1 aromatic rings. The number of nitrogens with one attached hydrogen (secondary N) is 1. The SMILES string of the molecule is CC1CCC(CNC2CSCc3ccccc32)C1. The zero-order valence-corrected chi connectivity index (χ0v) is 12.0. The molecule has 0 saturated heterocycles. The quantitative estimate of drug-likeness (QED) is 0.882. The van der Waals surface area contributed by atoms with Gasteiger partial charge in [0, 0.05) is 17.5 Å². The van der Waals surface area contributed by atoms with Gasteiger partial charge in [0.25, 0.3) is 0 Å². The zero-order chi connectivity index (χ0) is 12.4. The Hall–Kier alpha value is -0.470. The Balaban J connectivity index is 1.60. The molecule has 2 aliphatic rings. The van der Waals surface area contributed by atoms with E-state index in [2.05, 4.69) is 48.3 Å². The van der Waals surface area contributed by atoms with Crippen LogP contribution in [0.3, 0.4) is 0 Å². The monoisotopic (exact) mass is 261 g/mol. The van der Waals surface area contributed by atoms with Crippen molar-refractivity contribution < 1.29 is 0 Å². The highest BCUT2D eigenvalue weighted by Gasteiger charge is 2.24. The Morgan fingerprint density at radius 2 is 2.17 bits per heavy atom. The molecule has 1 fully saturated rings. The molecule has 1 nitrogen and oxygen atoms in total. The van der Waals surface area contributed by atoms with Crippen LogP contribution in [0.25, 0.3) is 0 Å². The van der Waals surface area contributed by atoms with Gasteiger partial charge in [-0.15, -0.1) is 0 Å². The van der Waals surface area contributed by atoms with Crippen molar-refractivity contribution in [1.29, 1.82) is 0 Å². The number of hydrogen-bond donors (Lipinski definition) is 1. The molecule has 0 aromatic heterocycles. The van der Waals surface area contributed by atoms with Gasteiger partial charge >= 0.3 is 0 Å². The molecule has 0 bridgehead atoms. The van der Waals surface area contributed by atoms with Crippen LogP contribution in [-0.4, -0.2) is 12.3 Å². The Morgan fingerprint density at radius 1 is 1.28 bits per heavy atom. The minimum Gasteiger partial charge on any atom is -0.309 e. The highest BCUT2D eigenvalue weighted by Crippen LogP contribution is 2.33. The largest absolute Gasteiger partial charge is 0.309 e. The summed E-state index contributed by atoms with van der Waals surface area (Å²) in [5, 5.41) is 3.82. The molecule has 98 valence electrons. The predicted octanol–water partition coefficient (Wildman–Crippen LogP) is 4.00. The molecule has 18 heavy (non-hydrogen) atoms. The Labute approximate surface area is 115 Å². The minimum atomic E-state index is 0.579. The summed E-state index contributed by atoms with van der Waals surface area (Å²) in [6.45, 7) is 3.61. The first-order chi connectivity index (χ1) is 8.83. The van der Waals surface area contributed by atoms with E-state index < -0.39 is 0 Å². The molecule has 2 heteroatoms. The number of hydrogen-bond acceptors (Lipinski definition) is 2. The number of fused-ring (bicyclic) bond motifs is 1. The lowest BCUT2D eigenvalue weighted by Crippen LogP contribution is -2.30. The van der Waals surface area contributed by atoms with Crippen LogP contribution in [0.5, 0.6) is 0 Å². The summed E-state index contributed by atoms with van der Waals surface area (Å²) in [7, 11) is 0. The number of thioether (sulfide) groups is 1. The fraction of sp³-hybridized carbons (Fsp3) is 0.625. The van der Waals surface area contributed by atoms with Gasteiger partial charge in [0.2, 0.25) is 0 Å². The van der Waals surface area contributed by atoms with E-state index in [0.29, 0.717) is 6.04 Å². The van der Waals surface area contributed by atoms with Gasteiger partial charge in [-0.25, -0.2) is 0 Å². The number of rotatable bonds is 3. The average molecular weight is 261 g/mol. The molecular weight excluding hydrogens is 238 g/mol. The van der Waals surface area contributed by atoms with E-state index in [9.17, 15) is 0 Å². The second-order valence-corrected chi connectivity index (χ2v) is 6.99. The summed E-state index contributed by atoms with van der Waals surface area (Å²) in [5.41, 5.74) is 3.08. The molecule has 1 aromatic carbocycles. The molecule has 1 aliphatic heterocycles. The average Bonchev–Trinajstić information content (AvgIpc) is 2.82. The summed E-state index contributed by atoms with van der Waals surface area (Å²) in [6.07, 6.45) is 4.28. The Bertz CT molecular complexity index is 404. The summed E-state index contributed by atoms with van der Waals surface area (Å²) in [4.78, 5) is 0. The van der Waals surface area contributed by atoms with Crippen molar-refractivity contribution in [1.82, 2.24) is 5.32 Å². The van der Waals surface area contributed by atoms with Gasteiger partial charge in [0.1, 0.15) is 0 Å². The molecule has 3 rings (SSSR count). The van der Waals surface area contributed by atoms with E-state index in [1.54, 1.807) is 5.56 Å². The van der Waals surface area contributed by atoms with Crippen molar-refractivity contribution in [2.75, 3.05) is 12.3 Å². The Kier molecular flexibility index (Phi) is 3.95. The van der Waals surface area contributed by atoms with Gasteiger partial charge in [-0.05, 0) is 42.3 Å². The molecule has 1 aliphatic carbocycles. The molecule has 3 unspecified atom stereocenters. The molecular formula is C16H23NS. The highest BCUT2D eigenvalue weighted by molar-refractivity contribution is 7.98. The first-order valence-electron chi connectivity index (χ1n) is 7.22. The smallest absolute Gasteiger partial charge is 0.0415 e. The van der Waals surface area contributed by atoms with E-state index in [4.69, 9.17) is 0 Å². The maximum absolute atomic E-state index is 3.82. The molecule has 1 N–H and O–H groups in total. The van der Waals surface area contributed by atoms with Crippen LogP contribution in [0.15, 0.2) is 24.3 Å². The lowest BCUT2D eigenvalue weighted by atomic mass is 10.0. The first kappa shape index (κ1) is 12.6. The molecule has 1 saturated carbocycles. The summed E-state index contributed by atoms with van der Waals surface area (Å²) in [5.74, 6) is 4.29. The van der Waals surface area contributed by atoms with E-state index in [1.165, 1.54) is 42.9 Å². The summed E-state index contributed by atoms with van der Waals surface area (Å²) in [6, 6.07) is 9.52. The van der Waals surface area contributed by atoms with E-state index >= 15 is 0 Å². The van der Waals surface area contributed by atoms with Crippen molar-refractivity contribution in [3.8, 4) is 0 Å². The molecule has 3 atom stereocenters. The van der Waals surface area contributed by atoms with Gasteiger partial charge in [0.15, 0.2) is 0 Å². The van der Waals surface area contributed by atoms with Gasteiger partial charge < -0.3 is 5.32 Å². The molecule has 0 spiro atoms. The third kappa shape index (κ3) is 2.75. The molecule has 0 radical (unpaired) electrons. The van der Waals surface area contributed by atoms with Crippen LogP contribution in [0.1, 0.15) is 43.4 Å². The lowest BCUT2D eigenvalue weighted by Gasteiger charge is -2.27. The van der Waals surface area contributed by atoms with Gasteiger partial charge in [0.05, 0.1) is 0 Å². The van der Waals surface area contributed by atoms with Gasteiger partial charge in [-0.2, -0.15) is 11.8 Å². The predicted molar refractivity (Wildman–Crippen MR) is 79.9 cm³/mol. The van der Waals surface area contributed by atoms with Crippen molar-refractivity contribution in [3.05, 3.63) is 35.4 Å². The second-order valence-electron chi connectivity index (χ2n) is 5.96. The van der Waals surface area contributed by atoms with Crippen LogP contribution in [-0.2, 0) is 5.75 Å². The molecule has 1 heterocycles. The van der Waals surface area contributed by atoms with Crippen LogP contribution in [0.2, 0.25) is 0 Å². The van der Waals surface area contributed by atoms with Crippen molar-refractivity contribution >= 4 is 11.8 Å². The third-order valence-electron chi connectivity index (χ3n) is 4.43. The maximum atomic E-state index is 3.82. The second kappa shape index (κ2) is 5.66. The normalized spacial score (nSPS) is 31.3.